The monoisotopic (exact) mass is 378 g/mol. The third-order valence-electron chi connectivity index (χ3n) is 5.33. The van der Waals surface area contributed by atoms with Crippen LogP contribution in [0.2, 0.25) is 0 Å². The molecule has 0 amide bonds. The minimum Gasteiger partial charge on any atom is -0.357 e. The Hall–Kier alpha value is -1.60. The van der Waals surface area contributed by atoms with Crippen molar-refractivity contribution in [3.63, 3.8) is 0 Å². The summed E-state index contributed by atoms with van der Waals surface area (Å²) in [4.78, 5) is 7.30. The first kappa shape index (κ1) is 19.2. The molecule has 26 heavy (non-hydrogen) atoms. The van der Waals surface area contributed by atoms with E-state index in [0.29, 0.717) is 18.0 Å². The van der Waals surface area contributed by atoms with Crippen molar-refractivity contribution in [3.8, 4) is 0 Å². The second kappa shape index (κ2) is 8.86. The van der Waals surface area contributed by atoms with E-state index in [9.17, 15) is 8.42 Å². The van der Waals surface area contributed by atoms with Crippen LogP contribution < -0.4 is 10.0 Å². The first-order valence-corrected chi connectivity index (χ1v) is 11.2. The fourth-order valence-electron chi connectivity index (χ4n) is 4.03. The first-order chi connectivity index (χ1) is 12.6. The van der Waals surface area contributed by atoms with Gasteiger partial charge in [0.25, 0.3) is 0 Å². The van der Waals surface area contributed by atoms with Gasteiger partial charge in [0, 0.05) is 26.2 Å². The maximum atomic E-state index is 12.2. The number of benzene rings is 1. The largest absolute Gasteiger partial charge is 0.357 e. The van der Waals surface area contributed by atoms with E-state index in [1.807, 2.05) is 0 Å². The summed E-state index contributed by atoms with van der Waals surface area (Å²) in [7, 11) is -3.46. The summed E-state index contributed by atoms with van der Waals surface area (Å²) in [6.07, 6.45) is 5.36. The Bertz CT molecular complexity index is 692. The van der Waals surface area contributed by atoms with Gasteiger partial charge in [-0.15, -0.1) is 0 Å². The van der Waals surface area contributed by atoms with Crippen LogP contribution in [0.3, 0.4) is 0 Å². The summed E-state index contributed by atoms with van der Waals surface area (Å²) in [5, 5.41) is 3.36. The topological polar surface area (TPSA) is 73.8 Å². The van der Waals surface area contributed by atoms with Crippen LogP contribution in [-0.4, -0.2) is 52.0 Å². The fraction of sp³-hybridized carbons (Fsp3) is 0.632. The molecule has 2 N–H and O–H groups in total. The van der Waals surface area contributed by atoms with E-state index in [1.165, 1.54) is 25.7 Å². The lowest BCUT2D eigenvalue weighted by atomic mass is 9.82. The molecule has 3 rings (SSSR count). The van der Waals surface area contributed by atoms with Gasteiger partial charge in [-0.25, -0.2) is 13.1 Å². The van der Waals surface area contributed by atoms with E-state index in [0.717, 1.165) is 37.4 Å². The van der Waals surface area contributed by atoms with E-state index in [2.05, 4.69) is 26.9 Å². The lowest BCUT2D eigenvalue weighted by Gasteiger charge is -2.22. The van der Waals surface area contributed by atoms with Crippen molar-refractivity contribution in [3.05, 3.63) is 30.3 Å². The second-order valence-electron chi connectivity index (χ2n) is 7.16. The van der Waals surface area contributed by atoms with Crippen LogP contribution in [0.25, 0.3) is 0 Å². The quantitative estimate of drug-likeness (QED) is 0.451. The number of aliphatic imine (C=N–C) groups is 1. The number of sulfonamides is 1. The highest BCUT2D eigenvalue weighted by Gasteiger charge is 2.35. The third kappa shape index (κ3) is 4.76. The zero-order valence-corrected chi connectivity index (χ0v) is 16.3. The van der Waals surface area contributed by atoms with Crippen molar-refractivity contribution >= 4 is 16.0 Å². The lowest BCUT2D eigenvalue weighted by Crippen LogP contribution is -2.41. The smallest absolute Gasteiger partial charge is 0.240 e. The number of nitrogens with zero attached hydrogens (tertiary/aromatic N) is 2. The molecule has 1 aromatic rings. The molecule has 0 radical (unpaired) electrons. The van der Waals surface area contributed by atoms with Crippen molar-refractivity contribution < 1.29 is 8.42 Å². The zero-order valence-electron chi connectivity index (χ0n) is 15.5. The molecule has 1 saturated heterocycles. The molecular weight excluding hydrogens is 348 g/mol. The van der Waals surface area contributed by atoms with Crippen molar-refractivity contribution in [1.29, 1.82) is 0 Å². The van der Waals surface area contributed by atoms with Crippen LogP contribution in [0.5, 0.6) is 0 Å². The second-order valence-corrected chi connectivity index (χ2v) is 8.92. The van der Waals surface area contributed by atoms with E-state index in [4.69, 9.17) is 0 Å². The number of hydrogen-bond donors (Lipinski definition) is 2. The molecule has 2 fully saturated rings. The Morgan fingerprint density at radius 3 is 2.42 bits per heavy atom. The summed E-state index contributed by atoms with van der Waals surface area (Å²) in [6, 6.07) is 8.45. The van der Waals surface area contributed by atoms with E-state index < -0.39 is 10.0 Å². The molecule has 0 spiro atoms. The van der Waals surface area contributed by atoms with E-state index >= 15 is 0 Å². The van der Waals surface area contributed by atoms with Crippen molar-refractivity contribution in [2.75, 3.05) is 32.7 Å². The van der Waals surface area contributed by atoms with E-state index in [-0.39, 0.29) is 0 Å². The number of guanidine groups is 1. The van der Waals surface area contributed by atoms with Crippen molar-refractivity contribution in [2.45, 2.75) is 37.5 Å². The Morgan fingerprint density at radius 1 is 1.15 bits per heavy atom. The molecule has 1 aromatic carbocycles. The Labute approximate surface area is 157 Å². The first-order valence-electron chi connectivity index (χ1n) is 9.68. The molecule has 0 bridgehead atoms. The van der Waals surface area contributed by atoms with Gasteiger partial charge in [-0.2, -0.15) is 0 Å². The Kier molecular flexibility index (Phi) is 6.53. The van der Waals surface area contributed by atoms with Crippen molar-refractivity contribution in [2.24, 2.45) is 16.8 Å². The van der Waals surface area contributed by atoms with Crippen LogP contribution in [0.4, 0.5) is 0 Å². The highest BCUT2D eigenvalue weighted by atomic mass is 32.2. The molecule has 2 atom stereocenters. The number of hydrogen-bond acceptors (Lipinski definition) is 3. The predicted molar refractivity (Wildman–Crippen MR) is 105 cm³/mol. The van der Waals surface area contributed by atoms with Gasteiger partial charge in [-0.1, -0.05) is 31.0 Å². The maximum absolute atomic E-state index is 12.2. The summed E-state index contributed by atoms with van der Waals surface area (Å²) >= 11 is 0. The SMILES string of the molecule is CCNC(=NCCNS(=O)(=O)c1ccccc1)N1CC2CCCCC2C1. The van der Waals surface area contributed by atoms with Gasteiger partial charge in [0.05, 0.1) is 11.4 Å². The van der Waals surface area contributed by atoms with Gasteiger partial charge >= 0.3 is 0 Å². The van der Waals surface area contributed by atoms with Gasteiger partial charge < -0.3 is 10.2 Å². The molecule has 1 aliphatic heterocycles. The molecule has 2 aliphatic rings. The molecule has 1 saturated carbocycles. The maximum Gasteiger partial charge on any atom is 0.240 e. The molecule has 1 heterocycles. The number of nitrogens with one attached hydrogen (secondary N) is 2. The summed E-state index contributed by atoms with van der Waals surface area (Å²) in [6.45, 7) is 5.77. The molecule has 144 valence electrons. The Morgan fingerprint density at radius 2 is 1.81 bits per heavy atom. The number of rotatable bonds is 6. The van der Waals surface area contributed by atoms with Gasteiger partial charge in [0.2, 0.25) is 10.0 Å². The molecule has 0 aromatic heterocycles. The summed E-state index contributed by atoms with van der Waals surface area (Å²) in [5.74, 6) is 2.51. The standard InChI is InChI=1S/C19H30N4O2S/c1-2-20-19(23-14-16-8-6-7-9-17(16)15-23)21-12-13-22-26(24,25)18-10-4-3-5-11-18/h3-5,10-11,16-17,22H,2,6-9,12-15H2,1H3,(H,20,21). The van der Waals surface area contributed by atoms with Gasteiger partial charge in [0.15, 0.2) is 5.96 Å². The van der Waals surface area contributed by atoms with Crippen LogP contribution >= 0.6 is 0 Å². The lowest BCUT2D eigenvalue weighted by molar-refractivity contribution is 0.299. The van der Waals surface area contributed by atoms with Crippen LogP contribution in [0, 0.1) is 11.8 Å². The molecule has 6 nitrogen and oxygen atoms in total. The van der Waals surface area contributed by atoms with Gasteiger partial charge in [-0.05, 0) is 43.7 Å². The average molecular weight is 379 g/mol. The van der Waals surface area contributed by atoms with Gasteiger partial charge in [0.1, 0.15) is 0 Å². The number of likely N-dealkylation sites (tertiary alicyclic amines) is 1. The van der Waals surface area contributed by atoms with Crippen LogP contribution in [0.1, 0.15) is 32.6 Å². The molecule has 2 unspecified atom stereocenters. The predicted octanol–water partition coefficient (Wildman–Crippen LogP) is 2.05. The minimum absolute atomic E-state index is 0.291. The third-order valence-corrected chi connectivity index (χ3v) is 6.81. The highest BCUT2D eigenvalue weighted by molar-refractivity contribution is 7.89. The zero-order chi connectivity index (χ0) is 18.4. The molecule has 7 heteroatoms. The summed E-state index contributed by atoms with van der Waals surface area (Å²) in [5.41, 5.74) is 0. The summed E-state index contributed by atoms with van der Waals surface area (Å²) < 4.78 is 27.1. The van der Waals surface area contributed by atoms with E-state index in [1.54, 1.807) is 30.3 Å². The molecular formula is C19H30N4O2S. The minimum atomic E-state index is -3.46. The highest BCUT2D eigenvalue weighted by Crippen LogP contribution is 2.35. The fourth-order valence-corrected chi connectivity index (χ4v) is 5.07. The number of fused-ring (bicyclic) bond motifs is 1. The van der Waals surface area contributed by atoms with Crippen molar-refractivity contribution in [1.82, 2.24) is 14.9 Å². The normalized spacial score (nSPS) is 23.7. The van der Waals surface area contributed by atoms with Crippen LogP contribution in [-0.2, 0) is 10.0 Å². The average Bonchev–Trinajstić information content (AvgIpc) is 3.09. The van der Waals surface area contributed by atoms with Gasteiger partial charge in [-0.3, -0.25) is 4.99 Å². The molecule has 1 aliphatic carbocycles. The Balaban J connectivity index is 1.55. The van der Waals surface area contributed by atoms with Crippen LogP contribution in [0.15, 0.2) is 40.2 Å².